The minimum atomic E-state index is 0. The van der Waals surface area contributed by atoms with Crippen molar-refractivity contribution in [3.63, 3.8) is 0 Å². The molecule has 0 atom stereocenters. The molecule has 0 unspecified atom stereocenters. The number of nitrogens with zero attached hydrogens (tertiary/aromatic N) is 2. The van der Waals surface area contributed by atoms with Crippen LogP contribution in [0.25, 0.3) is 0 Å². The van der Waals surface area contributed by atoms with Crippen molar-refractivity contribution >= 4 is 29.9 Å². The maximum Gasteiger partial charge on any atom is 0.191 e. The van der Waals surface area contributed by atoms with Gasteiger partial charge in [0.1, 0.15) is 5.75 Å². The highest BCUT2D eigenvalue weighted by Gasteiger charge is 2.02. The second kappa shape index (κ2) is 10.9. The summed E-state index contributed by atoms with van der Waals surface area (Å²) in [5.74, 6) is 1.72. The molecule has 0 bridgehead atoms. The van der Waals surface area contributed by atoms with Crippen LogP contribution in [0.3, 0.4) is 0 Å². The molecule has 2 aromatic rings. The number of hydrogen-bond donors (Lipinski definition) is 2. The third-order valence-electron chi connectivity index (χ3n) is 3.58. The van der Waals surface area contributed by atoms with Crippen molar-refractivity contribution in [2.75, 3.05) is 20.7 Å². The Morgan fingerprint density at radius 1 is 1.21 bits per heavy atom. The SMILES string of the molecule is CN=C(NCCc1ccc(C)c(OC)c1)NCc1cccnc1.I. The van der Waals surface area contributed by atoms with E-state index in [4.69, 9.17) is 4.74 Å². The molecule has 0 spiro atoms. The molecule has 0 fully saturated rings. The predicted octanol–water partition coefficient (Wildman–Crippen LogP) is 2.92. The standard InChI is InChI=1S/C18H24N4O.HI/c1-14-6-7-15(11-17(14)23-3)8-10-21-18(19-2)22-13-16-5-4-9-20-12-16;/h4-7,9,11-12H,8,10,13H2,1-3H3,(H2,19,21,22);1H. The third-order valence-corrected chi connectivity index (χ3v) is 3.58. The van der Waals surface area contributed by atoms with Gasteiger partial charge in [0.15, 0.2) is 5.96 Å². The lowest BCUT2D eigenvalue weighted by molar-refractivity contribution is 0.411. The van der Waals surface area contributed by atoms with Gasteiger partial charge < -0.3 is 15.4 Å². The van der Waals surface area contributed by atoms with E-state index < -0.39 is 0 Å². The molecule has 24 heavy (non-hydrogen) atoms. The number of aliphatic imine (C=N–C) groups is 1. The summed E-state index contributed by atoms with van der Waals surface area (Å²) in [7, 11) is 3.47. The van der Waals surface area contributed by atoms with Crippen molar-refractivity contribution in [1.82, 2.24) is 15.6 Å². The van der Waals surface area contributed by atoms with E-state index in [-0.39, 0.29) is 24.0 Å². The van der Waals surface area contributed by atoms with Gasteiger partial charge in [-0.05, 0) is 42.2 Å². The molecule has 0 saturated heterocycles. The van der Waals surface area contributed by atoms with Gasteiger partial charge in [0, 0.05) is 32.5 Å². The fourth-order valence-corrected chi connectivity index (χ4v) is 2.25. The van der Waals surface area contributed by atoms with Gasteiger partial charge in [-0.25, -0.2) is 0 Å². The molecule has 0 aliphatic heterocycles. The molecule has 6 heteroatoms. The number of halogens is 1. The van der Waals surface area contributed by atoms with Crippen LogP contribution in [-0.2, 0) is 13.0 Å². The molecule has 0 aliphatic rings. The molecule has 0 radical (unpaired) electrons. The minimum absolute atomic E-state index is 0. The normalized spacial score (nSPS) is 10.7. The fraction of sp³-hybridized carbons (Fsp3) is 0.333. The van der Waals surface area contributed by atoms with Crippen molar-refractivity contribution in [2.24, 2.45) is 4.99 Å². The average Bonchev–Trinajstić information content (AvgIpc) is 2.60. The molecule has 1 heterocycles. The van der Waals surface area contributed by atoms with Crippen molar-refractivity contribution in [1.29, 1.82) is 0 Å². The van der Waals surface area contributed by atoms with Gasteiger partial charge in [0.05, 0.1) is 7.11 Å². The number of guanidine groups is 1. The van der Waals surface area contributed by atoms with E-state index in [9.17, 15) is 0 Å². The van der Waals surface area contributed by atoms with Crippen molar-refractivity contribution < 1.29 is 4.74 Å². The zero-order valence-corrected chi connectivity index (χ0v) is 16.7. The molecule has 0 aliphatic carbocycles. The Kier molecular flexibility index (Phi) is 9.14. The van der Waals surface area contributed by atoms with E-state index in [0.29, 0.717) is 6.54 Å². The Morgan fingerprint density at radius 3 is 2.71 bits per heavy atom. The predicted molar refractivity (Wildman–Crippen MR) is 109 cm³/mol. The summed E-state index contributed by atoms with van der Waals surface area (Å²) in [5.41, 5.74) is 3.51. The van der Waals surface area contributed by atoms with E-state index in [1.807, 2.05) is 25.3 Å². The van der Waals surface area contributed by atoms with E-state index in [0.717, 1.165) is 35.8 Å². The van der Waals surface area contributed by atoms with Crippen LogP contribution in [0.4, 0.5) is 0 Å². The van der Waals surface area contributed by atoms with Gasteiger partial charge >= 0.3 is 0 Å². The highest BCUT2D eigenvalue weighted by molar-refractivity contribution is 14.0. The minimum Gasteiger partial charge on any atom is -0.496 e. The summed E-state index contributed by atoms with van der Waals surface area (Å²) in [6.07, 6.45) is 4.52. The number of hydrogen-bond acceptors (Lipinski definition) is 3. The summed E-state index contributed by atoms with van der Waals surface area (Å²) in [4.78, 5) is 8.33. The molecule has 2 N–H and O–H groups in total. The second-order valence-electron chi connectivity index (χ2n) is 5.27. The average molecular weight is 440 g/mol. The van der Waals surface area contributed by atoms with Gasteiger partial charge in [0.25, 0.3) is 0 Å². The lowest BCUT2D eigenvalue weighted by atomic mass is 10.1. The number of benzene rings is 1. The summed E-state index contributed by atoms with van der Waals surface area (Å²) in [5, 5.41) is 6.60. The first-order valence-electron chi connectivity index (χ1n) is 7.70. The number of methoxy groups -OCH3 is 1. The summed E-state index contributed by atoms with van der Waals surface area (Å²) < 4.78 is 5.36. The maximum atomic E-state index is 5.36. The quantitative estimate of drug-likeness (QED) is 0.412. The van der Waals surface area contributed by atoms with Crippen molar-refractivity contribution in [3.8, 4) is 5.75 Å². The summed E-state index contributed by atoms with van der Waals surface area (Å²) in [6, 6.07) is 10.3. The Balaban J connectivity index is 0.00000288. The van der Waals surface area contributed by atoms with Crippen LogP contribution in [0.1, 0.15) is 16.7 Å². The van der Waals surface area contributed by atoms with Gasteiger partial charge in [0.2, 0.25) is 0 Å². The largest absolute Gasteiger partial charge is 0.496 e. The Morgan fingerprint density at radius 2 is 2.04 bits per heavy atom. The van der Waals surface area contributed by atoms with E-state index in [1.54, 1.807) is 20.4 Å². The lowest BCUT2D eigenvalue weighted by Crippen LogP contribution is -2.37. The number of pyridine rings is 1. The smallest absolute Gasteiger partial charge is 0.191 e. The number of aromatic nitrogens is 1. The second-order valence-corrected chi connectivity index (χ2v) is 5.27. The Bertz CT molecular complexity index is 647. The number of aryl methyl sites for hydroxylation is 1. The zero-order chi connectivity index (χ0) is 16.5. The summed E-state index contributed by atoms with van der Waals surface area (Å²) in [6.45, 7) is 3.55. The molecular weight excluding hydrogens is 415 g/mol. The van der Waals surface area contributed by atoms with Crippen LogP contribution in [0, 0.1) is 6.92 Å². The van der Waals surface area contributed by atoms with Crippen LogP contribution in [-0.4, -0.2) is 31.6 Å². The van der Waals surface area contributed by atoms with E-state index in [1.165, 1.54) is 5.56 Å². The number of nitrogens with one attached hydrogen (secondary N) is 2. The first kappa shape index (κ1) is 20.2. The molecule has 5 nitrogen and oxygen atoms in total. The molecule has 0 amide bonds. The monoisotopic (exact) mass is 440 g/mol. The van der Waals surface area contributed by atoms with Gasteiger partial charge in [-0.1, -0.05) is 18.2 Å². The van der Waals surface area contributed by atoms with Gasteiger partial charge in [-0.15, -0.1) is 24.0 Å². The maximum absolute atomic E-state index is 5.36. The van der Waals surface area contributed by atoms with E-state index in [2.05, 4.69) is 38.8 Å². The first-order valence-corrected chi connectivity index (χ1v) is 7.70. The van der Waals surface area contributed by atoms with Crippen LogP contribution in [0.5, 0.6) is 5.75 Å². The molecule has 2 rings (SSSR count). The lowest BCUT2D eigenvalue weighted by Gasteiger charge is -2.12. The fourth-order valence-electron chi connectivity index (χ4n) is 2.25. The highest BCUT2D eigenvalue weighted by Crippen LogP contribution is 2.18. The molecule has 0 saturated carbocycles. The Labute approximate surface area is 161 Å². The van der Waals surface area contributed by atoms with Crippen molar-refractivity contribution in [3.05, 3.63) is 59.4 Å². The topological polar surface area (TPSA) is 58.5 Å². The van der Waals surface area contributed by atoms with Crippen LogP contribution < -0.4 is 15.4 Å². The van der Waals surface area contributed by atoms with Gasteiger partial charge in [-0.2, -0.15) is 0 Å². The zero-order valence-electron chi connectivity index (χ0n) is 14.4. The van der Waals surface area contributed by atoms with Gasteiger partial charge in [-0.3, -0.25) is 9.98 Å². The molecular formula is C18H25IN4O. The molecule has 130 valence electrons. The van der Waals surface area contributed by atoms with Crippen LogP contribution >= 0.6 is 24.0 Å². The molecule has 1 aromatic carbocycles. The van der Waals surface area contributed by atoms with Crippen molar-refractivity contribution in [2.45, 2.75) is 19.9 Å². The Hall–Kier alpha value is -1.83. The first-order chi connectivity index (χ1) is 11.2. The molecule has 1 aromatic heterocycles. The highest BCUT2D eigenvalue weighted by atomic mass is 127. The number of rotatable bonds is 6. The third kappa shape index (κ3) is 6.35. The van der Waals surface area contributed by atoms with E-state index >= 15 is 0 Å². The van der Waals surface area contributed by atoms with Crippen LogP contribution in [0.15, 0.2) is 47.7 Å². The van der Waals surface area contributed by atoms with Crippen LogP contribution in [0.2, 0.25) is 0 Å². The summed E-state index contributed by atoms with van der Waals surface area (Å²) >= 11 is 0. The number of ether oxygens (including phenoxy) is 1.